The van der Waals surface area contributed by atoms with Gasteiger partial charge in [0.1, 0.15) is 0 Å². The molecule has 0 aliphatic carbocycles. The molecule has 0 saturated carbocycles. The zero-order valence-corrected chi connectivity index (χ0v) is 12.4. The summed E-state index contributed by atoms with van der Waals surface area (Å²) in [5.41, 5.74) is 1.20. The SMILES string of the molecule is COC(=O)C(C)CN(C)C(=O)c1cccc2cccnc12. The number of para-hydroxylation sites is 1. The van der Waals surface area contributed by atoms with Crippen LogP contribution in [0.3, 0.4) is 0 Å². The van der Waals surface area contributed by atoms with E-state index in [0.29, 0.717) is 17.6 Å². The van der Waals surface area contributed by atoms with Crippen LogP contribution in [0.1, 0.15) is 17.3 Å². The molecule has 0 fully saturated rings. The summed E-state index contributed by atoms with van der Waals surface area (Å²) in [5.74, 6) is -0.854. The predicted molar refractivity (Wildman–Crippen MR) is 79.9 cm³/mol. The number of esters is 1. The minimum Gasteiger partial charge on any atom is -0.469 e. The Labute approximate surface area is 123 Å². The number of rotatable bonds is 4. The summed E-state index contributed by atoms with van der Waals surface area (Å²) < 4.78 is 4.68. The van der Waals surface area contributed by atoms with Gasteiger partial charge in [-0.1, -0.05) is 25.1 Å². The zero-order chi connectivity index (χ0) is 15.4. The fourth-order valence-corrected chi connectivity index (χ4v) is 2.25. The summed E-state index contributed by atoms with van der Waals surface area (Å²) >= 11 is 0. The van der Waals surface area contributed by atoms with Gasteiger partial charge in [0.2, 0.25) is 0 Å². The van der Waals surface area contributed by atoms with Crippen molar-refractivity contribution in [1.29, 1.82) is 0 Å². The minimum absolute atomic E-state index is 0.157. The number of hydrogen-bond acceptors (Lipinski definition) is 4. The molecule has 2 rings (SSSR count). The number of carbonyl (C=O) groups is 2. The van der Waals surface area contributed by atoms with Gasteiger partial charge >= 0.3 is 5.97 Å². The molecule has 2 aromatic rings. The number of aromatic nitrogens is 1. The second kappa shape index (κ2) is 6.35. The van der Waals surface area contributed by atoms with Crippen molar-refractivity contribution < 1.29 is 14.3 Å². The summed E-state index contributed by atoms with van der Waals surface area (Å²) in [6.07, 6.45) is 1.66. The first-order chi connectivity index (χ1) is 10.0. The Morgan fingerprint density at radius 2 is 2.00 bits per heavy atom. The average Bonchev–Trinajstić information content (AvgIpc) is 2.52. The van der Waals surface area contributed by atoms with Gasteiger partial charge in [-0.2, -0.15) is 0 Å². The molecule has 0 saturated heterocycles. The Kier molecular flexibility index (Phi) is 4.52. The summed E-state index contributed by atoms with van der Waals surface area (Å²) in [4.78, 5) is 29.8. The molecule has 0 aliphatic rings. The number of amides is 1. The van der Waals surface area contributed by atoms with E-state index >= 15 is 0 Å². The lowest BCUT2D eigenvalue weighted by atomic mass is 10.1. The van der Waals surface area contributed by atoms with Crippen molar-refractivity contribution in [3.63, 3.8) is 0 Å². The van der Waals surface area contributed by atoms with Crippen LogP contribution in [0.4, 0.5) is 0 Å². The molecule has 110 valence electrons. The Hall–Kier alpha value is -2.43. The van der Waals surface area contributed by atoms with Crippen LogP contribution in [0.15, 0.2) is 36.5 Å². The van der Waals surface area contributed by atoms with Crippen LogP contribution in [0.5, 0.6) is 0 Å². The third kappa shape index (κ3) is 3.18. The highest BCUT2D eigenvalue weighted by Crippen LogP contribution is 2.17. The summed E-state index contributed by atoms with van der Waals surface area (Å²) in [6.45, 7) is 2.03. The van der Waals surface area contributed by atoms with E-state index < -0.39 is 0 Å². The molecule has 21 heavy (non-hydrogen) atoms. The quantitative estimate of drug-likeness (QED) is 0.808. The average molecular weight is 286 g/mol. The molecule has 1 amide bonds. The number of pyridine rings is 1. The van der Waals surface area contributed by atoms with Crippen molar-refractivity contribution in [2.75, 3.05) is 20.7 Å². The third-order valence-corrected chi connectivity index (χ3v) is 3.36. The highest BCUT2D eigenvalue weighted by Gasteiger charge is 2.21. The first-order valence-electron chi connectivity index (χ1n) is 6.71. The van der Waals surface area contributed by atoms with E-state index in [1.807, 2.05) is 24.3 Å². The van der Waals surface area contributed by atoms with Crippen molar-refractivity contribution in [2.45, 2.75) is 6.92 Å². The van der Waals surface area contributed by atoms with Gasteiger partial charge in [0.05, 0.1) is 24.1 Å². The number of fused-ring (bicyclic) bond motifs is 1. The van der Waals surface area contributed by atoms with Crippen LogP contribution >= 0.6 is 0 Å². The van der Waals surface area contributed by atoms with Crippen LogP contribution in [-0.4, -0.2) is 42.5 Å². The van der Waals surface area contributed by atoms with Crippen LogP contribution in [-0.2, 0) is 9.53 Å². The normalized spacial score (nSPS) is 12.0. The van der Waals surface area contributed by atoms with Crippen LogP contribution < -0.4 is 0 Å². The number of benzene rings is 1. The summed E-state index contributed by atoms with van der Waals surface area (Å²) in [6, 6.07) is 9.23. The molecule has 1 unspecified atom stereocenters. The van der Waals surface area contributed by atoms with Gasteiger partial charge in [0.25, 0.3) is 5.91 Å². The van der Waals surface area contributed by atoms with E-state index in [1.165, 1.54) is 12.0 Å². The van der Waals surface area contributed by atoms with Crippen molar-refractivity contribution >= 4 is 22.8 Å². The monoisotopic (exact) mass is 286 g/mol. The Balaban J connectivity index is 2.24. The van der Waals surface area contributed by atoms with E-state index in [4.69, 9.17) is 0 Å². The number of methoxy groups -OCH3 is 1. The molecule has 1 aromatic heterocycles. The molecule has 0 spiro atoms. The van der Waals surface area contributed by atoms with E-state index in [-0.39, 0.29) is 17.8 Å². The number of ether oxygens (including phenoxy) is 1. The second-order valence-electron chi connectivity index (χ2n) is 4.99. The molecule has 5 heteroatoms. The van der Waals surface area contributed by atoms with Gasteiger partial charge in [0, 0.05) is 25.2 Å². The molecular weight excluding hydrogens is 268 g/mol. The fourth-order valence-electron chi connectivity index (χ4n) is 2.25. The molecule has 0 N–H and O–H groups in total. The molecule has 1 heterocycles. The van der Waals surface area contributed by atoms with Crippen molar-refractivity contribution in [3.05, 3.63) is 42.1 Å². The Morgan fingerprint density at radius 3 is 2.71 bits per heavy atom. The second-order valence-corrected chi connectivity index (χ2v) is 4.99. The topological polar surface area (TPSA) is 59.5 Å². The fraction of sp³-hybridized carbons (Fsp3) is 0.312. The van der Waals surface area contributed by atoms with Crippen molar-refractivity contribution in [3.8, 4) is 0 Å². The maximum atomic E-state index is 12.5. The highest BCUT2D eigenvalue weighted by atomic mass is 16.5. The van der Waals surface area contributed by atoms with Gasteiger partial charge in [-0.3, -0.25) is 14.6 Å². The molecule has 0 bridgehead atoms. The summed E-state index contributed by atoms with van der Waals surface area (Å²) in [5, 5.41) is 0.915. The van der Waals surface area contributed by atoms with Gasteiger partial charge in [-0.15, -0.1) is 0 Å². The van der Waals surface area contributed by atoms with Crippen LogP contribution in [0, 0.1) is 5.92 Å². The first kappa shape index (κ1) is 15.0. The molecule has 1 atom stereocenters. The number of nitrogens with zero attached hydrogens (tertiary/aromatic N) is 2. The molecule has 5 nitrogen and oxygen atoms in total. The van der Waals surface area contributed by atoms with E-state index in [0.717, 1.165) is 5.39 Å². The van der Waals surface area contributed by atoms with Gasteiger partial charge in [-0.25, -0.2) is 0 Å². The molecule has 0 aliphatic heterocycles. The molecular formula is C16H18N2O3. The van der Waals surface area contributed by atoms with Crippen molar-refractivity contribution in [2.24, 2.45) is 5.92 Å². The smallest absolute Gasteiger partial charge is 0.310 e. The van der Waals surface area contributed by atoms with Gasteiger partial charge < -0.3 is 9.64 Å². The lowest BCUT2D eigenvalue weighted by Gasteiger charge is -2.20. The standard InChI is InChI=1S/C16H18N2O3/c1-11(16(20)21-3)10-18(2)15(19)13-8-4-6-12-7-5-9-17-14(12)13/h4-9,11H,10H2,1-3H3. The summed E-state index contributed by atoms with van der Waals surface area (Å²) in [7, 11) is 3.01. The highest BCUT2D eigenvalue weighted by molar-refractivity contribution is 6.05. The maximum absolute atomic E-state index is 12.5. The lowest BCUT2D eigenvalue weighted by molar-refractivity contribution is -0.145. The van der Waals surface area contributed by atoms with Crippen LogP contribution in [0.2, 0.25) is 0 Å². The largest absolute Gasteiger partial charge is 0.469 e. The Bertz CT molecular complexity index is 664. The van der Waals surface area contributed by atoms with Gasteiger partial charge in [0.15, 0.2) is 0 Å². The van der Waals surface area contributed by atoms with Crippen LogP contribution in [0.25, 0.3) is 10.9 Å². The molecule has 0 radical (unpaired) electrons. The zero-order valence-electron chi connectivity index (χ0n) is 12.4. The number of carbonyl (C=O) groups excluding carboxylic acids is 2. The lowest BCUT2D eigenvalue weighted by Crippen LogP contribution is -2.34. The predicted octanol–water partition coefficient (Wildman–Crippen LogP) is 2.12. The van der Waals surface area contributed by atoms with E-state index in [9.17, 15) is 9.59 Å². The van der Waals surface area contributed by atoms with E-state index in [1.54, 1.807) is 26.2 Å². The third-order valence-electron chi connectivity index (χ3n) is 3.36. The van der Waals surface area contributed by atoms with Crippen molar-refractivity contribution in [1.82, 2.24) is 9.88 Å². The minimum atomic E-state index is -0.369. The number of hydrogen-bond donors (Lipinski definition) is 0. The van der Waals surface area contributed by atoms with E-state index in [2.05, 4.69) is 9.72 Å². The molecule has 1 aromatic carbocycles. The maximum Gasteiger partial charge on any atom is 0.310 e. The first-order valence-corrected chi connectivity index (χ1v) is 6.71. The van der Waals surface area contributed by atoms with Gasteiger partial charge in [-0.05, 0) is 12.1 Å². The Morgan fingerprint density at radius 1 is 1.29 bits per heavy atom.